The van der Waals surface area contributed by atoms with Crippen molar-refractivity contribution >= 4 is 17.5 Å². The molecule has 0 radical (unpaired) electrons. The van der Waals surface area contributed by atoms with Gasteiger partial charge in [0.2, 0.25) is 11.7 Å². The number of rotatable bonds is 5. The Morgan fingerprint density at radius 1 is 1.32 bits per heavy atom. The second-order valence-corrected chi connectivity index (χ2v) is 5.01. The molecule has 3 N–H and O–H groups in total. The number of amides is 1. The van der Waals surface area contributed by atoms with E-state index in [2.05, 4.69) is 25.9 Å². The number of nitrogens with one attached hydrogen (secondary N) is 3. The Morgan fingerprint density at radius 2 is 1.95 bits per heavy atom. The van der Waals surface area contributed by atoms with E-state index in [1.54, 1.807) is 7.05 Å². The predicted octanol–water partition coefficient (Wildman–Crippen LogP) is 0.853. The summed E-state index contributed by atoms with van der Waals surface area (Å²) in [4.78, 5) is 19.8. The molecule has 0 bridgehead atoms. The van der Waals surface area contributed by atoms with Crippen molar-refractivity contribution in [1.29, 1.82) is 0 Å². The molecule has 19 heavy (non-hydrogen) atoms. The average molecular weight is 267 g/mol. The number of methoxy groups -OCH3 is 1. The lowest BCUT2D eigenvalue weighted by Crippen LogP contribution is -2.43. The number of aromatic nitrogens is 2. The molecule has 0 fully saturated rings. The molecule has 106 valence electrons. The van der Waals surface area contributed by atoms with Crippen molar-refractivity contribution in [3.63, 3.8) is 0 Å². The zero-order valence-corrected chi connectivity index (χ0v) is 12.0. The van der Waals surface area contributed by atoms with Crippen molar-refractivity contribution < 1.29 is 9.53 Å². The van der Waals surface area contributed by atoms with Crippen molar-refractivity contribution in [2.24, 2.45) is 0 Å². The molecule has 1 heterocycles. The molecule has 0 unspecified atom stereocenters. The molecule has 0 aromatic carbocycles. The van der Waals surface area contributed by atoms with Crippen LogP contribution in [0.15, 0.2) is 6.33 Å². The monoisotopic (exact) mass is 267 g/mol. The molecule has 0 saturated carbocycles. The Hall–Kier alpha value is -2.05. The van der Waals surface area contributed by atoms with E-state index in [-0.39, 0.29) is 18.0 Å². The first-order valence-corrected chi connectivity index (χ1v) is 5.99. The van der Waals surface area contributed by atoms with Crippen LogP contribution in [0.25, 0.3) is 0 Å². The Morgan fingerprint density at radius 3 is 2.47 bits per heavy atom. The van der Waals surface area contributed by atoms with Gasteiger partial charge in [0.25, 0.3) is 0 Å². The van der Waals surface area contributed by atoms with Gasteiger partial charge in [0.05, 0.1) is 13.7 Å². The van der Waals surface area contributed by atoms with Gasteiger partial charge in [0.1, 0.15) is 6.33 Å². The zero-order chi connectivity index (χ0) is 14.5. The lowest BCUT2D eigenvalue weighted by Gasteiger charge is -2.21. The fourth-order valence-electron chi connectivity index (χ4n) is 1.50. The summed E-state index contributed by atoms with van der Waals surface area (Å²) in [5.41, 5.74) is -0.259. The molecular weight excluding hydrogens is 246 g/mol. The van der Waals surface area contributed by atoms with Crippen LogP contribution in [0.5, 0.6) is 5.75 Å². The molecule has 1 rings (SSSR count). The number of hydrogen-bond donors (Lipinski definition) is 3. The van der Waals surface area contributed by atoms with Crippen molar-refractivity contribution in [3.8, 4) is 5.75 Å². The molecule has 7 nitrogen and oxygen atoms in total. The van der Waals surface area contributed by atoms with Gasteiger partial charge in [-0.15, -0.1) is 0 Å². The van der Waals surface area contributed by atoms with Crippen LogP contribution in [0.3, 0.4) is 0 Å². The van der Waals surface area contributed by atoms with E-state index < -0.39 is 0 Å². The van der Waals surface area contributed by atoms with E-state index in [0.717, 1.165) is 0 Å². The van der Waals surface area contributed by atoms with Crippen molar-refractivity contribution in [1.82, 2.24) is 15.3 Å². The smallest absolute Gasteiger partial charge is 0.239 e. The second kappa shape index (κ2) is 6.21. The van der Waals surface area contributed by atoms with E-state index in [4.69, 9.17) is 4.74 Å². The highest BCUT2D eigenvalue weighted by molar-refractivity contribution is 5.81. The first-order chi connectivity index (χ1) is 8.87. The van der Waals surface area contributed by atoms with Crippen LogP contribution in [0, 0.1) is 0 Å². The van der Waals surface area contributed by atoms with Gasteiger partial charge in [0, 0.05) is 12.6 Å². The average Bonchev–Trinajstić information content (AvgIpc) is 2.33. The van der Waals surface area contributed by atoms with Crippen LogP contribution in [-0.4, -0.2) is 42.1 Å². The molecule has 0 atom stereocenters. The number of nitrogens with zero attached hydrogens (tertiary/aromatic N) is 2. The highest BCUT2D eigenvalue weighted by atomic mass is 16.5. The maximum atomic E-state index is 11.7. The second-order valence-electron chi connectivity index (χ2n) is 5.01. The number of ether oxygens (including phenoxy) is 1. The first-order valence-electron chi connectivity index (χ1n) is 5.99. The first kappa shape index (κ1) is 15.0. The minimum absolute atomic E-state index is 0.112. The molecule has 7 heteroatoms. The maximum Gasteiger partial charge on any atom is 0.239 e. The largest absolute Gasteiger partial charge is 0.490 e. The summed E-state index contributed by atoms with van der Waals surface area (Å²) in [6.07, 6.45) is 1.40. The van der Waals surface area contributed by atoms with Crippen LogP contribution in [0.4, 0.5) is 11.6 Å². The van der Waals surface area contributed by atoms with Gasteiger partial charge in [0.15, 0.2) is 11.6 Å². The summed E-state index contributed by atoms with van der Waals surface area (Å²) in [5, 5.41) is 8.68. The van der Waals surface area contributed by atoms with Gasteiger partial charge in [-0.25, -0.2) is 9.97 Å². The van der Waals surface area contributed by atoms with Gasteiger partial charge < -0.3 is 20.7 Å². The Bertz CT molecular complexity index is 442. The third-order valence-electron chi connectivity index (χ3n) is 2.18. The van der Waals surface area contributed by atoms with Crippen LogP contribution in [0.2, 0.25) is 0 Å². The lowest BCUT2D eigenvalue weighted by atomic mass is 10.1. The zero-order valence-electron chi connectivity index (χ0n) is 12.0. The standard InChI is InChI=1S/C12H21N5O2/c1-12(2,3)17-8(18)6-14-11-9(19-5)10(13-4)15-7-16-11/h7H,6H2,1-5H3,(H,17,18)(H2,13,14,15,16). The molecule has 0 spiro atoms. The molecule has 0 aliphatic rings. The molecule has 0 saturated heterocycles. The van der Waals surface area contributed by atoms with E-state index in [9.17, 15) is 4.79 Å². The van der Waals surface area contributed by atoms with Crippen LogP contribution in [0.1, 0.15) is 20.8 Å². The Labute approximate surface area is 113 Å². The summed E-state index contributed by atoms with van der Waals surface area (Å²) >= 11 is 0. The third kappa shape index (κ3) is 4.61. The summed E-state index contributed by atoms with van der Waals surface area (Å²) in [7, 11) is 3.26. The summed E-state index contributed by atoms with van der Waals surface area (Å²) in [6, 6.07) is 0. The number of hydrogen-bond acceptors (Lipinski definition) is 6. The van der Waals surface area contributed by atoms with E-state index in [1.165, 1.54) is 13.4 Å². The fourth-order valence-corrected chi connectivity index (χ4v) is 1.50. The number of carbonyl (C=O) groups excluding carboxylic acids is 1. The minimum atomic E-state index is -0.259. The van der Waals surface area contributed by atoms with Crippen LogP contribution < -0.4 is 20.7 Å². The Balaban J connectivity index is 2.70. The molecule has 1 aromatic rings. The van der Waals surface area contributed by atoms with Crippen molar-refractivity contribution in [3.05, 3.63) is 6.33 Å². The van der Waals surface area contributed by atoms with Crippen molar-refractivity contribution in [2.75, 3.05) is 31.3 Å². The van der Waals surface area contributed by atoms with Gasteiger partial charge in [-0.1, -0.05) is 0 Å². The molecule has 1 aromatic heterocycles. The number of carbonyl (C=O) groups is 1. The molecule has 0 aliphatic carbocycles. The maximum absolute atomic E-state index is 11.7. The van der Waals surface area contributed by atoms with Crippen LogP contribution in [-0.2, 0) is 4.79 Å². The highest BCUT2D eigenvalue weighted by Crippen LogP contribution is 2.27. The molecule has 1 amide bonds. The fraction of sp³-hybridized carbons (Fsp3) is 0.583. The molecule has 0 aliphatic heterocycles. The lowest BCUT2D eigenvalue weighted by molar-refractivity contribution is -0.120. The van der Waals surface area contributed by atoms with Gasteiger partial charge in [-0.05, 0) is 20.8 Å². The predicted molar refractivity (Wildman–Crippen MR) is 74.5 cm³/mol. The SMILES string of the molecule is CNc1ncnc(NCC(=O)NC(C)(C)C)c1OC. The van der Waals surface area contributed by atoms with Crippen LogP contribution >= 0.6 is 0 Å². The van der Waals surface area contributed by atoms with Gasteiger partial charge in [-0.2, -0.15) is 0 Å². The Kier molecular flexibility index (Phi) is 4.91. The van der Waals surface area contributed by atoms with E-state index in [1.807, 2.05) is 20.8 Å². The topological polar surface area (TPSA) is 88.2 Å². The normalized spacial score (nSPS) is 10.8. The third-order valence-corrected chi connectivity index (χ3v) is 2.18. The summed E-state index contributed by atoms with van der Waals surface area (Å²) in [5.74, 6) is 1.41. The highest BCUT2D eigenvalue weighted by Gasteiger charge is 2.15. The summed E-state index contributed by atoms with van der Waals surface area (Å²) in [6.45, 7) is 5.90. The molecular formula is C12H21N5O2. The van der Waals surface area contributed by atoms with Gasteiger partial charge in [-0.3, -0.25) is 4.79 Å². The van der Waals surface area contributed by atoms with Gasteiger partial charge >= 0.3 is 0 Å². The number of anilines is 2. The van der Waals surface area contributed by atoms with E-state index >= 15 is 0 Å². The van der Waals surface area contributed by atoms with E-state index in [0.29, 0.717) is 17.4 Å². The quantitative estimate of drug-likeness (QED) is 0.733. The minimum Gasteiger partial charge on any atom is -0.490 e. The van der Waals surface area contributed by atoms with Crippen molar-refractivity contribution in [2.45, 2.75) is 26.3 Å². The summed E-state index contributed by atoms with van der Waals surface area (Å²) < 4.78 is 5.22.